The van der Waals surface area contributed by atoms with Gasteiger partial charge in [0, 0.05) is 45.1 Å². The molecule has 0 spiro atoms. The van der Waals surface area contributed by atoms with Crippen LogP contribution in [0.2, 0.25) is 0 Å². The van der Waals surface area contributed by atoms with Crippen LogP contribution in [0.4, 0.5) is 17.1 Å². The fraction of sp³-hybridized carbons (Fsp3) is 0. The molecule has 8 aromatic carbocycles. The normalized spacial score (nSPS) is 11.8. The largest absolute Gasteiger partial charge is 0.311 e. The van der Waals surface area contributed by atoms with Gasteiger partial charge in [-0.1, -0.05) is 115 Å². The average molecular weight is 662 g/mol. The second kappa shape index (κ2) is 11.3. The van der Waals surface area contributed by atoms with Crippen molar-refractivity contribution in [1.29, 1.82) is 0 Å². The minimum absolute atomic E-state index is 1.02. The highest BCUT2D eigenvalue weighted by molar-refractivity contribution is 6.33. The lowest BCUT2D eigenvalue weighted by Crippen LogP contribution is -2.09. The molecule has 0 amide bonds. The Bertz CT molecular complexity index is 2940. The van der Waals surface area contributed by atoms with Gasteiger partial charge in [0.05, 0.1) is 16.6 Å². The molecule has 2 heterocycles. The van der Waals surface area contributed by atoms with Crippen LogP contribution >= 0.6 is 0 Å². The van der Waals surface area contributed by atoms with E-state index >= 15 is 0 Å². The van der Waals surface area contributed by atoms with Gasteiger partial charge in [-0.25, -0.2) is 0 Å². The van der Waals surface area contributed by atoms with Crippen molar-refractivity contribution in [3.63, 3.8) is 0 Å². The molecular formula is C49H31N3. The van der Waals surface area contributed by atoms with E-state index in [0.29, 0.717) is 0 Å². The zero-order valence-corrected chi connectivity index (χ0v) is 28.2. The molecule has 2 aromatic heterocycles. The number of benzene rings is 8. The van der Waals surface area contributed by atoms with Crippen LogP contribution in [-0.4, -0.2) is 9.55 Å². The van der Waals surface area contributed by atoms with Crippen LogP contribution in [0.25, 0.3) is 82.5 Å². The number of nitrogens with zero attached hydrogens (tertiary/aromatic N) is 3. The van der Waals surface area contributed by atoms with E-state index in [4.69, 9.17) is 4.98 Å². The molecule has 52 heavy (non-hydrogen) atoms. The third kappa shape index (κ3) is 4.23. The summed E-state index contributed by atoms with van der Waals surface area (Å²) in [7, 11) is 0. The van der Waals surface area contributed by atoms with Crippen molar-refractivity contribution in [3.8, 4) is 39.1 Å². The first-order valence-electron chi connectivity index (χ1n) is 17.8. The van der Waals surface area contributed by atoms with Gasteiger partial charge in [0.2, 0.25) is 0 Å². The Morgan fingerprint density at radius 2 is 1.00 bits per heavy atom. The van der Waals surface area contributed by atoms with Crippen LogP contribution in [0.5, 0.6) is 0 Å². The van der Waals surface area contributed by atoms with Crippen molar-refractivity contribution in [2.75, 3.05) is 4.90 Å². The maximum absolute atomic E-state index is 5.03. The van der Waals surface area contributed by atoms with Crippen molar-refractivity contribution < 1.29 is 0 Å². The maximum atomic E-state index is 5.03. The van der Waals surface area contributed by atoms with Crippen molar-refractivity contribution in [2.45, 2.75) is 0 Å². The Hall–Kier alpha value is -6.97. The van der Waals surface area contributed by atoms with E-state index in [1.807, 2.05) is 12.3 Å². The second-order valence-electron chi connectivity index (χ2n) is 13.6. The maximum Gasteiger partial charge on any atom is 0.0949 e. The van der Waals surface area contributed by atoms with Gasteiger partial charge in [0.25, 0.3) is 0 Å². The molecule has 10 aromatic rings. The fourth-order valence-corrected chi connectivity index (χ4v) is 8.47. The molecule has 0 aliphatic heterocycles. The van der Waals surface area contributed by atoms with Gasteiger partial charge in [0.15, 0.2) is 0 Å². The molecule has 0 saturated carbocycles. The molecule has 0 bridgehead atoms. The second-order valence-corrected chi connectivity index (χ2v) is 13.6. The number of fused-ring (bicyclic) bond motifs is 5. The summed E-state index contributed by atoms with van der Waals surface area (Å²) in [6, 6.07) is 65.8. The number of para-hydroxylation sites is 2. The van der Waals surface area contributed by atoms with Gasteiger partial charge in [-0.05, 0) is 111 Å². The molecule has 11 rings (SSSR count). The summed E-state index contributed by atoms with van der Waals surface area (Å²) in [4.78, 5) is 7.32. The summed E-state index contributed by atoms with van der Waals surface area (Å²) >= 11 is 0. The molecule has 0 fully saturated rings. The SMILES string of the molecule is c1ccc(N(c2ccccc2)c2ccc(-c3ccc(-n4c5ccc6cccc7c6c5c5c(cc6cccnc6c54)-c4ccccc4-7)cc3)cc2)cc1. The molecule has 0 radical (unpaired) electrons. The van der Waals surface area contributed by atoms with E-state index in [2.05, 4.69) is 185 Å². The molecular weight excluding hydrogens is 631 g/mol. The van der Waals surface area contributed by atoms with E-state index in [1.54, 1.807) is 0 Å². The Kier molecular flexibility index (Phi) is 6.25. The number of hydrogen-bond donors (Lipinski definition) is 0. The highest BCUT2D eigenvalue weighted by atomic mass is 15.1. The van der Waals surface area contributed by atoms with Gasteiger partial charge in [-0.15, -0.1) is 0 Å². The lowest BCUT2D eigenvalue weighted by atomic mass is 9.93. The van der Waals surface area contributed by atoms with Crippen molar-refractivity contribution in [2.24, 2.45) is 0 Å². The summed E-state index contributed by atoms with van der Waals surface area (Å²) in [6.07, 6.45) is 1.92. The Labute approximate surface area is 301 Å². The highest BCUT2D eigenvalue weighted by Crippen LogP contribution is 2.51. The molecule has 3 nitrogen and oxygen atoms in total. The predicted octanol–water partition coefficient (Wildman–Crippen LogP) is 13.3. The summed E-state index contributed by atoms with van der Waals surface area (Å²) in [5.74, 6) is 0. The first-order chi connectivity index (χ1) is 25.8. The average Bonchev–Trinajstić information content (AvgIpc) is 3.51. The van der Waals surface area contributed by atoms with Crippen LogP contribution in [0.3, 0.4) is 0 Å². The molecule has 1 aliphatic carbocycles. The van der Waals surface area contributed by atoms with Crippen LogP contribution in [-0.2, 0) is 0 Å². The topological polar surface area (TPSA) is 21.1 Å². The minimum Gasteiger partial charge on any atom is -0.311 e. The lowest BCUT2D eigenvalue weighted by molar-refractivity contribution is 1.18. The molecule has 0 atom stereocenters. The number of hydrogen-bond acceptors (Lipinski definition) is 2. The first-order valence-corrected chi connectivity index (χ1v) is 17.8. The van der Waals surface area contributed by atoms with Crippen molar-refractivity contribution in [1.82, 2.24) is 9.55 Å². The van der Waals surface area contributed by atoms with E-state index in [1.165, 1.54) is 60.4 Å². The summed E-state index contributed by atoms with van der Waals surface area (Å²) in [6.45, 7) is 0. The van der Waals surface area contributed by atoms with Gasteiger partial charge in [-0.3, -0.25) is 4.98 Å². The van der Waals surface area contributed by atoms with Crippen LogP contribution in [0.1, 0.15) is 0 Å². The predicted molar refractivity (Wildman–Crippen MR) is 218 cm³/mol. The van der Waals surface area contributed by atoms with Gasteiger partial charge < -0.3 is 9.47 Å². The van der Waals surface area contributed by atoms with Gasteiger partial charge >= 0.3 is 0 Å². The van der Waals surface area contributed by atoms with Gasteiger partial charge in [-0.2, -0.15) is 0 Å². The Morgan fingerprint density at radius 1 is 0.404 bits per heavy atom. The van der Waals surface area contributed by atoms with Crippen molar-refractivity contribution in [3.05, 3.63) is 188 Å². The first kappa shape index (κ1) is 28.8. The molecule has 1 aliphatic rings. The highest BCUT2D eigenvalue weighted by Gasteiger charge is 2.26. The number of pyridine rings is 1. The smallest absolute Gasteiger partial charge is 0.0949 e. The third-order valence-electron chi connectivity index (χ3n) is 10.7. The third-order valence-corrected chi connectivity index (χ3v) is 10.7. The Balaban J connectivity index is 1.08. The number of aromatic nitrogens is 2. The monoisotopic (exact) mass is 661 g/mol. The van der Waals surface area contributed by atoms with E-state index in [-0.39, 0.29) is 0 Å². The quantitative estimate of drug-likeness (QED) is 0.183. The summed E-state index contributed by atoms with van der Waals surface area (Å²) < 4.78 is 2.44. The zero-order chi connectivity index (χ0) is 34.2. The van der Waals surface area contributed by atoms with Gasteiger partial charge in [0.1, 0.15) is 0 Å². The minimum atomic E-state index is 1.02. The fourth-order valence-electron chi connectivity index (χ4n) is 8.47. The van der Waals surface area contributed by atoms with Crippen LogP contribution in [0, 0.1) is 0 Å². The zero-order valence-electron chi connectivity index (χ0n) is 28.2. The molecule has 0 unspecified atom stereocenters. The van der Waals surface area contributed by atoms with Crippen molar-refractivity contribution >= 4 is 60.5 Å². The molecule has 3 heteroatoms. The molecule has 242 valence electrons. The van der Waals surface area contributed by atoms with E-state index < -0.39 is 0 Å². The van der Waals surface area contributed by atoms with Crippen LogP contribution in [0.15, 0.2) is 188 Å². The standard InChI is InChI=1S/C49H31N3/c1-3-13-36(14-4-1)51(37-15-5-2-6-16-37)38-25-20-32(21-26-38)33-22-27-39(28-23-33)52-44-29-24-34-11-9-19-42-40-17-7-8-18-41(40)43-31-35-12-10-30-50-48(35)49(52)46(43)47(44)45(34)42/h1-31H. The number of anilines is 3. The summed E-state index contributed by atoms with van der Waals surface area (Å²) in [5, 5.41) is 6.27. The molecule has 0 saturated heterocycles. The molecule has 0 N–H and O–H groups in total. The number of rotatable bonds is 5. The summed E-state index contributed by atoms with van der Waals surface area (Å²) in [5.41, 5.74) is 15.3. The van der Waals surface area contributed by atoms with E-state index in [9.17, 15) is 0 Å². The lowest BCUT2D eigenvalue weighted by Gasteiger charge is -2.25. The van der Waals surface area contributed by atoms with E-state index in [0.717, 1.165) is 39.2 Å². The Morgan fingerprint density at radius 3 is 1.71 bits per heavy atom. The van der Waals surface area contributed by atoms with Crippen LogP contribution < -0.4 is 4.90 Å².